The lowest BCUT2D eigenvalue weighted by molar-refractivity contribution is -0.140. The number of amides is 1. The number of nitrogens with one attached hydrogen (secondary N) is 1. The maximum Gasteiger partial charge on any atom is 0.435 e. The summed E-state index contributed by atoms with van der Waals surface area (Å²) in [7, 11) is 1.29. The lowest BCUT2D eigenvalue weighted by Crippen LogP contribution is -2.12. The highest BCUT2D eigenvalue weighted by atomic mass is 35.5. The molecule has 0 saturated carbocycles. The van der Waals surface area contributed by atoms with Gasteiger partial charge in [0.15, 0.2) is 5.69 Å². The molecule has 144 valence electrons. The Morgan fingerprint density at radius 2 is 1.81 bits per heavy atom. The average Bonchev–Trinajstić information content (AvgIpc) is 3.08. The first-order chi connectivity index (χ1) is 12.4. The predicted molar refractivity (Wildman–Crippen MR) is 88.0 cm³/mol. The van der Waals surface area contributed by atoms with Crippen molar-refractivity contribution in [1.82, 2.24) is 9.78 Å². The zero-order valence-electron chi connectivity index (χ0n) is 13.2. The van der Waals surface area contributed by atoms with Crippen LogP contribution in [0.15, 0.2) is 24.3 Å². The van der Waals surface area contributed by atoms with E-state index < -0.39 is 29.5 Å². The zero-order chi connectivity index (χ0) is 20.1. The molecule has 0 bridgehead atoms. The van der Waals surface area contributed by atoms with Crippen molar-refractivity contribution in [3.05, 3.63) is 45.4 Å². The Kier molecular flexibility index (Phi) is 4.63. The third kappa shape index (κ3) is 3.74. The van der Waals surface area contributed by atoms with Crippen LogP contribution in [0.2, 0.25) is 5.02 Å². The summed E-state index contributed by atoms with van der Waals surface area (Å²) in [6.45, 7) is 0. The summed E-state index contributed by atoms with van der Waals surface area (Å²) in [5.74, 6) is -0.884. The van der Waals surface area contributed by atoms with Gasteiger partial charge in [0.1, 0.15) is 4.83 Å². The van der Waals surface area contributed by atoms with Crippen molar-refractivity contribution >= 4 is 44.7 Å². The highest BCUT2D eigenvalue weighted by Gasteiger charge is 2.37. The number of alkyl halides is 6. The monoisotopic (exact) mass is 427 g/mol. The summed E-state index contributed by atoms with van der Waals surface area (Å²) in [6.07, 6.45) is -9.35. The van der Waals surface area contributed by atoms with Gasteiger partial charge < -0.3 is 5.32 Å². The number of nitrogens with zero attached hydrogens (tertiary/aromatic N) is 2. The molecule has 2 heterocycles. The van der Waals surface area contributed by atoms with Gasteiger partial charge in [0.25, 0.3) is 5.91 Å². The van der Waals surface area contributed by atoms with Crippen LogP contribution in [0.5, 0.6) is 0 Å². The second-order valence-electron chi connectivity index (χ2n) is 5.45. The standard InChI is InChI=1S/C15H8ClF6N3OS/c1-25-13-7(11(24-25)15(20,21)22)5-10(27-13)12(26)23-9-4-6(14(17,18)19)2-3-8(9)16/h2-5H,1H3,(H,23,26). The molecule has 27 heavy (non-hydrogen) atoms. The molecular formula is C15H8ClF6N3OS. The van der Waals surface area contributed by atoms with Gasteiger partial charge in [-0.15, -0.1) is 11.3 Å². The summed E-state index contributed by atoms with van der Waals surface area (Å²) < 4.78 is 78.4. The van der Waals surface area contributed by atoms with Crippen LogP contribution in [0.3, 0.4) is 0 Å². The minimum atomic E-state index is -4.71. The van der Waals surface area contributed by atoms with Crippen LogP contribution in [0, 0.1) is 0 Å². The summed E-state index contributed by atoms with van der Waals surface area (Å²) in [5, 5.41) is 5.17. The van der Waals surface area contributed by atoms with E-state index in [-0.39, 0.29) is 25.8 Å². The Labute approximate surface area is 156 Å². The fraction of sp³-hybridized carbons (Fsp3) is 0.200. The Balaban J connectivity index is 1.96. The van der Waals surface area contributed by atoms with E-state index in [2.05, 4.69) is 10.4 Å². The van der Waals surface area contributed by atoms with Gasteiger partial charge in [0.05, 0.1) is 21.2 Å². The minimum Gasteiger partial charge on any atom is -0.320 e. The third-order valence-corrected chi connectivity index (χ3v) is 5.08. The molecule has 3 aromatic rings. The third-order valence-electron chi connectivity index (χ3n) is 3.55. The molecule has 1 N–H and O–H groups in total. The van der Waals surface area contributed by atoms with Crippen molar-refractivity contribution in [3.8, 4) is 0 Å². The summed E-state index contributed by atoms with van der Waals surface area (Å²) in [6, 6.07) is 3.36. The van der Waals surface area contributed by atoms with Crippen LogP contribution in [0.25, 0.3) is 10.2 Å². The molecule has 0 spiro atoms. The number of rotatable bonds is 2. The molecule has 0 aliphatic rings. The van der Waals surface area contributed by atoms with Crippen molar-refractivity contribution in [2.45, 2.75) is 12.4 Å². The second-order valence-corrected chi connectivity index (χ2v) is 6.88. The van der Waals surface area contributed by atoms with E-state index in [9.17, 15) is 31.1 Å². The number of aromatic nitrogens is 2. The molecule has 0 saturated heterocycles. The summed E-state index contributed by atoms with van der Waals surface area (Å²) in [5.41, 5.74) is -2.47. The molecule has 3 rings (SSSR count). The number of hydrogen-bond donors (Lipinski definition) is 1. The van der Waals surface area contributed by atoms with Crippen LogP contribution >= 0.6 is 22.9 Å². The molecule has 0 radical (unpaired) electrons. The number of thiophene rings is 1. The van der Waals surface area contributed by atoms with Gasteiger partial charge in [0, 0.05) is 12.4 Å². The van der Waals surface area contributed by atoms with Gasteiger partial charge in [-0.3, -0.25) is 9.48 Å². The van der Waals surface area contributed by atoms with E-state index >= 15 is 0 Å². The number of carbonyl (C=O) groups excluding carboxylic acids is 1. The van der Waals surface area contributed by atoms with E-state index in [0.717, 1.165) is 34.2 Å². The van der Waals surface area contributed by atoms with E-state index in [4.69, 9.17) is 11.6 Å². The zero-order valence-corrected chi connectivity index (χ0v) is 14.7. The minimum absolute atomic E-state index is 0.0996. The van der Waals surface area contributed by atoms with Crippen LogP contribution in [-0.2, 0) is 19.4 Å². The number of aryl methyl sites for hydroxylation is 1. The number of anilines is 1. The van der Waals surface area contributed by atoms with Gasteiger partial charge in [0.2, 0.25) is 0 Å². The smallest absolute Gasteiger partial charge is 0.320 e. The van der Waals surface area contributed by atoms with Crippen molar-refractivity contribution in [3.63, 3.8) is 0 Å². The van der Waals surface area contributed by atoms with E-state index in [1.807, 2.05) is 0 Å². The van der Waals surface area contributed by atoms with Crippen LogP contribution in [-0.4, -0.2) is 15.7 Å². The van der Waals surface area contributed by atoms with Gasteiger partial charge in [-0.2, -0.15) is 31.4 Å². The summed E-state index contributed by atoms with van der Waals surface area (Å²) >= 11 is 6.53. The molecule has 12 heteroatoms. The fourth-order valence-electron chi connectivity index (χ4n) is 2.34. The Hall–Kier alpha value is -2.27. The lowest BCUT2D eigenvalue weighted by Gasteiger charge is -2.11. The molecule has 0 unspecified atom stereocenters. The number of halogens is 7. The molecule has 4 nitrogen and oxygen atoms in total. The van der Waals surface area contributed by atoms with Gasteiger partial charge >= 0.3 is 12.4 Å². The van der Waals surface area contributed by atoms with E-state index in [1.165, 1.54) is 7.05 Å². The molecule has 0 aliphatic heterocycles. The quantitative estimate of drug-likeness (QED) is 0.543. The average molecular weight is 428 g/mol. The van der Waals surface area contributed by atoms with E-state index in [1.54, 1.807) is 0 Å². The number of benzene rings is 1. The van der Waals surface area contributed by atoms with Gasteiger partial charge in [-0.25, -0.2) is 0 Å². The van der Waals surface area contributed by atoms with Crippen molar-refractivity contribution in [1.29, 1.82) is 0 Å². The SMILES string of the molecule is Cn1nc(C(F)(F)F)c2cc(C(=O)Nc3cc(C(F)(F)F)ccc3Cl)sc21. The first-order valence-corrected chi connectivity index (χ1v) is 8.29. The molecule has 0 fully saturated rings. The van der Waals surface area contributed by atoms with Gasteiger partial charge in [-0.05, 0) is 24.3 Å². The molecule has 1 aromatic carbocycles. The number of carbonyl (C=O) groups is 1. The first kappa shape index (κ1) is 19.5. The highest BCUT2D eigenvalue weighted by molar-refractivity contribution is 7.20. The molecule has 1 amide bonds. The summed E-state index contributed by atoms with van der Waals surface area (Å²) in [4.78, 5) is 12.3. The van der Waals surface area contributed by atoms with E-state index in [0.29, 0.717) is 6.07 Å². The maximum atomic E-state index is 13.0. The molecule has 2 aromatic heterocycles. The first-order valence-electron chi connectivity index (χ1n) is 7.10. The predicted octanol–water partition coefficient (Wildman–Crippen LogP) is 5.58. The second kappa shape index (κ2) is 6.41. The lowest BCUT2D eigenvalue weighted by atomic mass is 10.2. The topological polar surface area (TPSA) is 46.9 Å². The Bertz CT molecular complexity index is 1040. The van der Waals surface area contributed by atoms with Crippen LogP contribution in [0.1, 0.15) is 20.9 Å². The molecule has 0 aliphatic carbocycles. The Morgan fingerprint density at radius 1 is 1.15 bits per heavy atom. The fourth-order valence-corrected chi connectivity index (χ4v) is 3.48. The van der Waals surface area contributed by atoms with Crippen LogP contribution < -0.4 is 5.32 Å². The Morgan fingerprint density at radius 3 is 2.41 bits per heavy atom. The van der Waals surface area contributed by atoms with Crippen molar-refractivity contribution in [2.75, 3.05) is 5.32 Å². The largest absolute Gasteiger partial charge is 0.435 e. The van der Waals surface area contributed by atoms with Crippen molar-refractivity contribution in [2.24, 2.45) is 7.05 Å². The van der Waals surface area contributed by atoms with Gasteiger partial charge in [-0.1, -0.05) is 11.6 Å². The maximum absolute atomic E-state index is 13.0. The van der Waals surface area contributed by atoms with Crippen molar-refractivity contribution < 1.29 is 31.1 Å². The number of hydrogen-bond acceptors (Lipinski definition) is 3. The highest BCUT2D eigenvalue weighted by Crippen LogP contribution is 2.38. The molecular weight excluding hydrogens is 420 g/mol. The molecule has 0 atom stereocenters. The normalized spacial score (nSPS) is 12.6. The number of fused-ring (bicyclic) bond motifs is 1. The van der Waals surface area contributed by atoms with Crippen LogP contribution in [0.4, 0.5) is 32.0 Å².